The SMILES string of the molecule is O=C(O)CC1CN(c2ncnc3[nH]c4cc(F)ccc4c23)CC2(CCC2)O1. The zero-order valence-electron chi connectivity index (χ0n) is 14.6. The Labute approximate surface area is 154 Å². The van der Waals surface area contributed by atoms with Crippen molar-refractivity contribution in [2.45, 2.75) is 37.4 Å². The van der Waals surface area contributed by atoms with Crippen molar-refractivity contribution in [2.75, 3.05) is 18.0 Å². The summed E-state index contributed by atoms with van der Waals surface area (Å²) in [5, 5.41) is 10.9. The number of hydrogen-bond donors (Lipinski definition) is 2. The van der Waals surface area contributed by atoms with Gasteiger partial charge in [0.25, 0.3) is 0 Å². The highest BCUT2D eigenvalue weighted by molar-refractivity contribution is 6.11. The van der Waals surface area contributed by atoms with Crippen molar-refractivity contribution in [2.24, 2.45) is 0 Å². The molecule has 2 aromatic heterocycles. The van der Waals surface area contributed by atoms with Crippen LogP contribution in [0.2, 0.25) is 0 Å². The van der Waals surface area contributed by atoms with E-state index in [0.717, 1.165) is 35.9 Å². The first-order valence-corrected chi connectivity index (χ1v) is 9.09. The van der Waals surface area contributed by atoms with Crippen LogP contribution in [-0.4, -0.2) is 50.8 Å². The van der Waals surface area contributed by atoms with E-state index in [0.29, 0.717) is 24.3 Å². The third kappa shape index (κ3) is 2.71. The second-order valence-electron chi connectivity index (χ2n) is 7.49. The van der Waals surface area contributed by atoms with E-state index in [1.807, 2.05) is 0 Å². The number of nitrogens with one attached hydrogen (secondary N) is 1. The number of rotatable bonds is 3. The molecule has 140 valence electrons. The number of morpholine rings is 1. The van der Waals surface area contributed by atoms with Gasteiger partial charge in [-0.25, -0.2) is 14.4 Å². The van der Waals surface area contributed by atoms with Crippen LogP contribution in [0.15, 0.2) is 24.5 Å². The van der Waals surface area contributed by atoms with Gasteiger partial charge in [-0.1, -0.05) is 0 Å². The molecule has 1 aromatic carbocycles. The van der Waals surface area contributed by atoms with Gasteiger partial charge in [0, 0.05) is 18.5 Å². The number of nitrogens with zero attached hydrogens (tertiary/aromatic N) is 3. The number of H-pyrrole nitrogens is 1. The average molecular weight is 370 g/mol. The smallest absolute Gasteiger partial charge is 0.306 e. The van der Waals surface area contributed by atoms with E-state index in [9.17, 15) is 14.3 Å². The minimum absolute atomic E-state index is 0.0361. The standard InChI is InChI=1S/C19H19FN4O3/c20-11-2-3-13-14(6-11)23-17-16(13)18(22-10-21-17)24-8-12(7-15(25)26)27-19(9-24)4-1-5-19/h2-3,6,10,12H,1,4-5,7-9H2,(H,25,26)(H,21,22,23). The van der Waals surface area contributed by atoms with Crippen LogP contribution in [0.3, 0.4) is 0 Å². The Morgan fingerprint density at radius 3 is 3.00 bits per heavy atom. The Kier molecular flexibility index (Phi) is 3.58. The van der Waals surface area contributed by atoms with Crippen molar-refractivity contribution in [3.8, 4) is 0 Å². The van der Waals surface area contributed by atoms with Gasteiger partial charge in [-0.15, -0.1) is 0 Å². The Morgan fingerprint density at radius 2 is 2.26 bits per heavy atom. The molecule has 1 saturated carbocycles. The molecule has 8 heteroatoms. The molecule has 27 heavy (non-hydrogen) atoms. The Balaban J connectivity index is 1.61. The van der Waals surface area contributed by atoms with Crippen molar-refractivity contribution in [1.82, 2.24) is 15.0 Å². The maximum Gasteiger partial charge on any atom is 0.306 e. The van der Waals surface area contributed by atoms with E-state index in [1.54, 1.807) is 6.07 Å². The lowest BCUT2D eigenvalue weighted by Gasteiger charge is -2.51. The molecule has 1 unspecified atom stereocenters. The largest absolute Gasteiger partial charge is 0.481 e. The fourth-order valence-corrected chi connectivity index (χ4v) is 4.32. The van der Waals surface area contributed by atoms with Gasteiger partial charge in [-0.05, 0) is 37.5 Å². The zero-order valence-corrected chi connectivity index (χ0v) is 14.6. The minimum Gasteiger partial charge on any atom is -0.481 e. The molecule has 1 spiro atoms. The molecular formula is C19H19FN4O3. The van der Waals surface area contributed by atoms with Crippen molar-refractivity contribution < 1.29 is 19.0 Å². The molecule has 0 amide bonds. The predicted octanol–water partition coefficient (Wildman–Crippen LogP) is 2.85. The number of halogens is 1. The number of aliphatic carboxylic acids is 1. The average Bonchev–Trinajstić information content (AvgIpc) is 2.96. The summed E-state index contributed by atoms with van der Waals surface area (Å²) < 4.78 is 19.8. The van der Waals surface area contributed by atoms with Crippen LogP contribution < -0.4 is 4.90 Å². The number of anilines is 1. The molecule has 0 bridgehead atoms. The third-order valence-corrected chi connectivity index (χ3v) is 5.62. The lowest BCUT2D eigenvalue weighted by molar-refractivity contribution is -0.163. The van der Waals surface area contributed by atoms with Crippen molar-refractivity contribution in [1.29, 1.82) is 0 Å². The zero-order chi connectivity index (χ0) is 18.6. The number of aromatic nitrogens is 3. The number of carboxylic acids is 1. The van der Waals surface area contributed by atoms with Gasteiger partial charge >= 0.3 is 5.97 Å². The van der Waals surface area contributed by atoms with Crippen LogP contribution in [-0.2, 0) is 9.53 Å². The molecule has 1 atom stereocenters. The van der Waals surface area contributed by atoms with E-state index in [-0.39, 0.29) is 23.9 Å². The molecule has 1 saturated heterocycles. The number of carbonyl (C=O) groups is 1. The number of fused-ring (bicyclic) bond motifs is 3. The Hall–Kier alpha value is -2.74. The number of ether oxygens (including phenoxy) is 1. The van der Waals surface area contributed by atoms with Gasteiger partial charge in [-0.2, -0.15) is 0 Å². The summed E-state index contributed by atoms with van der Waals surface area (Å²) in [6.45, 7) is 1.12. The summed E-state index contributed by atoms with van der Waals surface area (Å²) in [7, 11) is 0. The van der Waals surface area contributed by atoms with Crippen molar-refractivity contribution >= 4 is 33.7 Å². The molecule has 1 aliphatic carbocycles. The van der Waals surface area contributed by atoms with Crippen LogP contribution in [0.1, 0.15) is 25.7 Å². The van der Waals surface area contributed by atoms with E-state index in [1.165, 1.54) is 18.5 Å². The highest BCUT2D eigenvalue weighted by Crippen LogP contribution is 2.42. The quantitative estimate of drug-likeness (QED) is 0.737. The van der Waals surface area contributed by atoms with Crippen LogP contribution >= 0.6 is 0 Å². The maximum absolute atomic E-state index is 13.6. The highest BCUT2D eigenvalue weighted by atomic mass is 19.1. The molecular weight excluding hydrogens is 351 g/mol. The van der Waals surface area contributed by atoms with E-state index < -0.39 is 5.97 Å². The first-order valence-electron chi connectivity index (χ1n) is 9.09. The van der Waals surface area contributed by atoms with Crippen LogP contribution in [0.25, 0.3) is 21.9 Å². The summed E-state index contributed by atoms with van der Waals surface area (Å²) in [6.07, 6.45) is 3.99. The molecule has 0 radical (unpaired) electrons. The molecule has 1 aliphatic heterocycles. The molecule has 2 aliphatic rings. The molecule has 5 rings (SSSR count). The number of carboxylic acid groups (broad SMARTS) is 1. The number of aromatic amines is 1. The fraction of sp³-hybridized carbons (Fsp3) is 0.421. The van der Waals surface area contributed by atoms with Gasteiger partial charge in [0.1, 0.15) is 23.6 Å². The van der Waals surface area contributed by atoms with Crippen molar-refractivity contribution in [3.63, 3.8) is 0 Å². The third-order valence-electron chi connectivity index (χ3n) is 5.62. The number of hydrogen-bond acceptors (Lipinski definition) is 5. The van der Waals surface area contributed by atoms with Crippen LogP contribution in [0.4, 0.5) is 10.2 Å². The van der Waals surface area contributed by atoms with E-state index in [4.69, 9.17) is 4.74 Å². The van der Waals surface area contributed by atoms with Crippen LogP contribution in [0, 0.1) is 5.82 Å². The molecule has 3 aromatic rings. The maximum atomic E-state index is 13.6. The molecule has 2 N–H and O–H groups in total. The highest BCUT2D eigenvalue weighted by Gasteiger charge is 2.46. The fourth-order valence-electron chi connectivity index (χ4n) is 4.32. The first-order chi connectivity index (χ1) is 13.0. The minimum atomic E-state index is -0.869. The van der Waals surface area contributed by atoms with E-state index in [2.05, 4.69) is 19.9 Å². The van der Waals surface area contributed by atoms with E-state index >= 15 is 0 Å². The normalized spacial score (nSPS) is 21.7. The predicted molar refractivity (Wildman–Crippen MR) is 97.3 cm³/mol. The van der Waals surface area contributed by atoms with Gasteiger partial charge in [-0.3, -0.25) is 4.79 Å². The Bertz CT molecular complexity index is 1050. The lowest BCUT2D eigenvalue weighted by atomic mass is 9.78. The lowest BCUT2D eigenvalue weighted by Crippen LogP contribution is -2.59. The molecule has 7 nitrogen and oxygen atoms in total. The van der Waals surface area contributed by atoms with Crippen molar-refractivity contribution in [3.05, 3.63) is 30.3 Å². The first kappa shape index (κ1) is 16.4. The van der Waals surface area contributed by atoms with Gasteiger partial charge in [0.2, 0.25) is 0 Å². The summed E-state index contributed by atoms with van der Waals surface area (Å²) in [5.74, 6) is -0.445. The van der Waals surface area contributed by atoms with Gasteiger partial charge < -0.3 is 19.7 Å². The number of benzene rings is 1. The summed E-state index contributed by atoms with van der Waals surface area (Å²) in [4.78, 5) is 25.3. The summed E-state index contributed by atoms with van der Waals surface area (Å²) >= 11 is 0. The topological polar surface area (TPSA) is 91.3 Å². The Morgan fingerprint density at radius 1 is 1.41 bits per heavy atom. The summed E-state index contributed by atoms with van der Waals surface area (Å²) in [5.41, 5.74) is 1.01. The van der Waals surface area contributed by atoms with Gasteiger partial charge in [0.15, 0.2) is 0 Å². The monoisotopic (exact) mass is 370 g/mol. The summed E-state index contributed by atoms with van der Waals surface area (Å²) in [6, 6.07) is 4.60. The van der Waals surface area contributed by atoms with Crippen LogP contribution in [0.5, 0.6) is 0 Å². The second-order valence-corrected chi connectivity index (χ2v) is 7.49. The van der Waals surface area contributed by atoms with Gasteiger partial charge in [0.05, 0.1) is 29.0 Å². The molecule has 3 heterocycles. The molecule has 2 fully saturated rings. The second kappa shape index (κ2) is 5.88.